The Labute approximate surface area is 151 Å². The molecule has 6 nitrogen and oxygen atoms in total. The van der Waals surface area contributed by atoms with E-state index in [-0.39, 0.29) is 12.5 Å². The van der Waals surface area contributed by atoms with Crippen LogP contribution in [0.3, 0.4) is 0 Å². The van der Waals surface area contributed by atoms with Gasteiger partial charge in [-0.2, -0.15) is 0 Å². The van der Waals surface area contributed by atoms with Gasteiger partial charge in [-0.05, 0) is 12.5 Å². The summed E-state index contributed by atoms with van der Waals surface area (Å²) in [5, 5.41) is 10.3. The molecule has 0 aliphatic carbocycles. The second-order valence-electron chi connectivity index (χ2n) is 6.05. The fourth-order valence-electron chi connectivity index (χ4n) is 2.83. The van der Waals surface area contributed by atoms with E-state index in [4.69, 9.17) is 4.74 Å². The number of carbonyl (C=O) groups excluding carboxylic acids is 1. The molecule has 2 heterocycles. The summed E-state index contributed by atoms with van der Waals surface area (Å²) in [6, 6.07) is 8.26. The first kappa shape index (κ1) is 18.0. The number of nitrogens with zero attached hydrogens (tertiary/aromatic N) is 3. The smallest absolute Gasteiger partial charge is 0.233 e. The maximum absolute atomic E-state index is 12.3. The molecule has 1 aromatic carbocycles. The number of rotatable bonds is 6. The van der Waals surface area contributed by atoms with Crippen LogP contribution in [0, 0.1) is 6.92 Å². The quantitative estimate of drug-likeness (QED) is 0.793. The molecule has 1 aliphatic heterocycles. The van der Waals surface area contributed by atoms with Crippen molar-refractivity contribution in [3.63, 3.8) is 0 Å². The maximum atomic E-state index is 12.3. The number of imidazole rings is 1. The lowest BCUT2D eigenvalue weighted by atomic mass is 10.1. The summed E-state index contributed by atoms with van der Waals surface area (Å²) in [5.41, 5.74) is 3.09. The molecule has 1 amide bonds. The Morgan fingerprint density at radius 2 is 2.16 bits per heavy atom. The van der Waals surface area contributed by atoms with Crippen molar-refractivity contribution in [1.29, 1.82) is 0 Å². The van der Waals surface area contributed by atoms with Gasteiger partial charge in [-0.15, -0.1) is 0 Å². The molecule has 1 N–H and O–H groups in total. The molecular formula is C18H23N3O3S. The Bertz CT molecular complexity index is 726. The van der Waals surface area contributed by atoms with Gasteiger partial charge in [0.15, 0.2) is 5.16 Å². The highest BCUT2D eigenvalue weighted by Crippen LogP contribution is 2.21. The Morgan fingerprint density at radius 1 is 1.36 bits per heavy atom. The van der Waals surface area contributed by atoms with Crippen LogP contribution in [-0.4, -0.2) is 57.5 Å². The van der Waals surface area contributed by atoms with Crippen molar-refractivity contribution in [3.8, 4) is 0 Å². The number of aliphatic hydroxyl groups is 1. The molecular weight excluding hydrogens is 338 g/mol. The summed E-state index contributed by atoms with van der Waals surface area (Å²) in [4.78, 5) is 18.5. The predicted molar refractivity (Wildman–Crippen MR) is 96.6 cm³/mol. The number of morpholine rings is 1. The number of benzene rings is 1. The Balaban J connectivity index is 1.69. The second-order valence-corrected chi connectivity index (χ2v) is 6.99. The van der Waals surface area contributed by atoms with Crippen LogP contribution in [0.5, 0.6) is 0 Å². The van der Waals surface area contributed by atoms with Crippen LogP contribution in [0.1, 0.15) is 16.8 Å². The van der Waals surface area contributed by atoms with Gasteiger partial charge >= 0.3 is 0 Å². The summed E-state index contributed by atoms with van der Waals surface area (Å²) in [5.74, 6) is 0.444. The van der Waals surface area contributed by atoms with Crippen molar-refractivity contribution in [3.05, 3.63) is 47.3 Å². The zero-order valence-electron chi connectivity index (χ0n) is 14.4. The molecule has 7 heteroatoms. The number of carbonyl (C=O) groups is 1. The van der Waals surface area contributed by atoms with Crippen molar-refractivity contribution in [2.45, 2.75) is 25.2 Å². The lowest BCUT2D eigenvalue weighted by Gasteiger charge is -2.26. The highest BCUT2D eigenvalue weighted by atomic mass is 32.2. The van der Waals surface area contributed by atoms with E-state index in [1.54, 1.807) is 6.20 Å². The van der Waals surface area contributed by atoms with Crippen LogP contribution in [0.4, 0.5) is 0 Å². The Kier molecular flexibility index (Phi) is 6.12. The molecule has 0 radical (unpaired) electrons. The SMILES string of the molecule is Cc1cccc(Cn2c(CO)cnc2SCC(=O)N2CCOCC2)c1. The normalized spacial score (nSPS) is 14.7. The van der Waals surface area contributed by atoms with Gasteiger partial charge < -0.3 is 19.3 Å². The molecule has 0 unspecified atom stereocenters. The zero-order valence-corrected chi connectivity index (χ0v) is 15.2. The number of amides is 1. The molecule has 0 atom stereocenters. The van der Waals surface area contributed by atoms with Crippen molar-refractivity contribution >= 4 is 17.7 Å². The van der Waals surface area contributed by atoms with E-state index in [2.05, 4.69) is 30.1 Å². The molecule has 0 spiro atoms. The molecule has 0 bridgehead atoms. The summed E-state index contributed by atoms with van der Waals surface area (Å²) in [6.45, 7) is 5.13. The molecule has 1 fully saturated rings. The molecule has 2 aromatic rings. The number of aryl methyl sites for hydroxylation is 1. The number of ether oxygens (including phenoxy) is 1. The van der Waals surface area contributed by atoms with Crippen molar-refractivity contribution in [2.24, 2.45) is 0 Å². The summed E-state index contributed by atoms with van der Waals surface area (Å²) < 4.78 is 7.26. The van der Waals surface area contributed by atoms with Gasteiger partial charge in [0.05, 0.1) is 37.5 Å². The third-order valence-corrected chi connectivity index (χ3v) is 5.15. The zero-order chi connectivity index (χ0) is 17.6. The van der Waals surface area contributed by atoms with Crippen LogP contribution in [0.25, 0.3) is 0 Å². The molecule has 134 valence electrons. The van der Waals surface area contributed by atoms with Crippen molar-refractivity contribution in [1.82, 2.24) is 14.5 Å². The number of thioether (sulfide) groups is 1. The van der Waals surface area contributed by atoms with E-state index in [0.29, 0.717) is 38.6 Å². The number of aliphatic hydroxyl groups excluding tert-OH is 1. The van der Waals surface area contributed by atoms with Gasteiger partial charge in [0.25, 0.3) is 0 Å². The third kappa shape index (κ3) is 4.62. The van der Waals surface area contributed by atoms with Gasteiger partial charge in [0.1, 0.15) is 0 Å². The first-order valence-corrected chi connectivity index (χ1v) is 9.35. The number of hydrogen-bond acceptors (Lipinski definition) is 5. The van der Waals surface area contributed by atoms with Gasteiger partial charge in [-0.3, -0.25) is 4.79 Å². The first-order valence-electron chi connectivity index (χ1n) is 8.36. The largest absolute Gasteiger partial charge is 0.390 e. The minimum atomic E-state index is -0.0726. The van der Waals surface area contributed by atoms with Gasteiger partial charge in [0, 0.05) is 19.6 Å². The van der Waals surface area contributed by atoms with Gasteiger partial charge in [-0.25, -0.2) is 4.98 Å². The van der Waals surface area contributed by atoms with E-state index in [1.807, 2.05) is 15.5 Å². The van der Waals surface area contributed by atoms with Crippen LogP contribution in [0.2, 0.25) is 0 Å². The van der Waals surface area contributed by atoms with Gasteiger partial charge in [-0.1, -0.05) is 41.6 Å². The van der Waals surface area contributed by atoms with E-state index in [1.165, 1.54) is 17.3 Å². The number of hydrogen-bond donors (Lipinski definition) is 1. The molecule has 1 aromatic heterocycles. The van der Waals surface area contributed by atoms with Crippen LogP contribution < -0.4 is 0 Å². The standard InChI is InChI=1S/C18H23N3O3S/c1-14-3-2-4-15(9-14)11-21-16(12-22)10-19-18(21)25-13-17(23)20-5-7-24-8-6-20/h2-4,9-10,22H,5-8,11-13H2,1H3. The first-order chi connectivity index (χ1) is 12.2. The average Bonchev–Trinajstić information content (AvgIpc) is 3.02. The summed E-state index contributed by atoms with van der Waals surface area (Å²) >= 11 is 1.42. The fraction of sp³-hybridized carbons (Fsp3) is 0.444. The Morgan fingerprint density at radius 3 is 2.88 bits per heavy atom. The molecule has 1 saturated heterocycles. The average molecular weight is 361 g/mol. The third-order valence-electron chi connectivity index (χ3n) is 4.18. The number of aromatic nitrogens is 2. The molecule has 25 heavy (non-hydrogen) atoms. The van der Waals surface area contributed by atoms with Crippen LogP contribution in [0.15, 0.2) is 35.6 Å². The van der Waals surface area contributed by atoms with Crippen molar-refractivity contribution < 1.29 is 14.6 Å². The molecule has 1 aliphatic rings. The highest BCUT2D eigenvalue weighted by molar-refractivity contribution is 7.99. The minimum absolute atomic E-state index is 0.0726. The predicted octanol–water partition coefficient (Wildman–Crippen LogP) is 1.68. The maximum Gasteiger partial charge on any atom is 0.233 e. The van der Waals surface area contributed by atoms with E-state index in [9.17, 15) is 9.90 Å². The van der Waals surface area contributed by atoms with E-state index >= 15 is 0 Å². The Hall–Kier alpha value is -1.83. The van der Waals surface area contributed by atoms with E-state index in [0.717, 1.165) is 16.4 Å². The van der Waals surface area contributed by atoms with Gasteiger partial charge in [0.2, 0.25) is 5.91 Å². The van der Waals surface area contributed by atoms with Crippen molar-refractivity contribution in [2.75, 3.05) is 32.1 Å². The topological polar surface area (TPSA) is 67.6 Å². The second kappa shape index (κ2) is 8.51. The highest BCUT2D eigenvalue weighted by Gasteiger charge is 2.18. The van der Waals surface area contributed by atoms with E-state index < -0.39 is 0 Å². The summed E-state index contributed by atoms with van der Waals surface area (Å²) in [6.07, 6.45) is 1.68. The van der Waals surface area contributed by atoms with Crippen LogP contribution in [-0.2, 0) is 22.7 Å². The minimum Gasteiger partial charge on any atom is -0.390 e. The van der Waals surface area contributed by atoms with Crippen LogP contribution >= 0.6 is 11.8 Å². The summed E-state index contributed by atoms with van der Waals surface area (Å²) in [7, 11) is 0. The monoisotopic (exact) mass is 361 g/mol. The fourth-order valence-corrected chi connectivity index (χ4v) is 3.73. The lowest BCUT2D eigenvalue weighted by Crippen LogP contribution is -2.41. The molecule has 0 saturated carbocycles. The lowest BCUT2D eigenvalue weighted by molar-refractivity contribution is -0.132. The molecule has 3 rings (SSSR count).